The molecule has 5 nitrogen and oxygen atoms in total. The number of carbonyl (C=O) groups excluding carboxylic acids is 2. The van der Waals surface area contributed by atoms with E-state index in [0.29, 0.717) is 26.1 Å². The Balaban J connectivity index is 0.00000264. The van der Waals surface area contributed by atoms with Crippen molar-refractivity contribution in [3.63, 3.8) is 0 Å². The molecule has 23 heavy (non-hydrogen) atoms. The summed E-state index contributed by atoms with van der Waals surface area (Å²) in [5.74, 6) is -0.366. The number of amides is 2. The van der Waals surface area contributed by atoms with E-state index in [1.165, 1.54) is 12.1 Å². The third kappa shape index (κ3) is 5.80. The Bertz CT molecular complexity index is 542. The summed E-state index contributed by atoms with van der Waals surface area (Å²) in [5.41, 5.74) is 0.766. The predicted octanol–water partition coefficient (Wildman–Crippen LogP) is 1.42. The maximum Gasteiger partial charge on any atom is 0.242 e. The van der Waals surface area contributed by atoms with Crippen LogP contribution in [0.5, 0.6) is 0 Å². The van der Waals surface area contributed by atoms with E-state index in [1.807, 2.05) is 7.05 Å². The van der Waals surface area contributed by atoms with Gasteiger partial charge in [0.1, 0.15) is 5.82 Å². The van der Waals surface area contributed by atoms with Crippen LogP contribution in [0.15, 0.2) is 24.3 Å². The molecule has 1 saturated heterocycles. The van der Waals surface area contributed by atoms with Crippen molar-refractivity contribution >= 4 is 24.2 Å². The average molecular weight is 344 g/mol. The van der Waals surface area contributed by atoms with Gasteiger partial charge in [0, 0.05) is 26.1 Å². The zero-order chi connectivity index (χ0) is 15.9. The van der Waals surface area contributed by atoms with E-state index in [4.69, 9.17) is 0 Å². The molecule has 0 spiro atoms. The minimum atomic E-state index is -0.303. The number of halogens is 2. The van der Waals surface area contributed by atoms with Crippen molar-refractivity contribution in [2.45, 2.75) is 19.4 Å². The highest BCUT2D eigenvalue weighted by Gasteiger charge is 2.26. The third-order valence-corrected chi connectivity index (χ3v) is 3.75. The van der Waals surface area contributed by atoms with Gasteiger partial charge >= 0.3 is 0 Å². The highest BCUT2D eigenvalue weighted by molar-refractivity contribution is 5.86. The number of nitrogens with zero attached hydrogens (tertiary/aromatic N) is 2. The molecular weight excluding hydrogens is 321 g/mol. The lowest BCUT2D eigenvalue weighted by molar-refractivity contribution is -0.145. The summed E-state index contributed by atoms with van der Waals surface area (Å²) >= 11 is 0. The number of hydrogen-bond donors (Lipinski definition) is 1. The van der Waals surface area contributed by atoms with E-state index in [1.54, 1.807) is 21.9 Å². The molecule has 1 aromatic carbocycles. The lowest BCUT2D eigenvalue weighted by atomic mass is 10.2. The fourth-order valence-electron chi connectivity index (χ4n) is 2.52. The van der Waals surface area contributed by atoms with Crippen LogP contribution in [0.25, 0.3) is 0 Å². The molecule has 1 fully saturated rings. The van der Waals surface area contributed by atoms with Gasteiger partial charge in [0.15, 0.2) is 0 Å². The van der Waals surface area contributed by atoms with Crippen LogP contribution in [-0.4, -0.2) is 54.8 Å². The van der Waals surface area contributed by atoms with E-state index in [-0.39, 0.29) is 36.6 Å². The van der Waals surface area contributed by atoms with Crippen LogP contribution in [0.1, 0.15) is 18.4 Å². The monoisotopic (exact) mass is 343 g/mol. The van der Waals surface area contributed by atoms with Gasteiger partial charge in [-0.3, -0.25) is 9.59 Å². The Morgan fingerprint density at radius 3 is 2.78 bits per heavy atom. The molecule has 0 saturated carbocycles. The molecule has 0 radical (unpaired) electrons. The molecular formula is C16H23ClFN3O2. The Morgan fingerprint density at radius 2 is 2.13 bits per heavy atom. The summed E-state index contributed by atoms with van der Waals surface area (Å²) in [6.45, 7) is 2.33. The first-order chi connectivity index (χ1) is 10.6. The second-order valence-corrected chi connectivity index (χ2v) is 5.47. The standard InChI is InChI=1S/C16H22FN3O2.ClH/c1-18-7-3-6-15(21)20-9-8-19(16(22)12-20)11-13-4-2-5-14(17)10-13;/h2,4-5,10,18H,3,6-9,11-12H2,1H3;1H. The first kappa shape index (κ1) is 19.4. The molecule has 0 aromatic heterocycles. The Morgan fingerprint density at radius 1 is 1.35 bits per heavy atom. The average Bonchev–Trinajstić information content (AvgIpc) is 2.49. The van der Waals surface area contributed by atoms with Crippen LogP contribution >= 0.6 is 12.4 Å². The largest absolute Gasteiger partial charge is 0.335 e. The summed E-state index contributed by atoms with van der Waals surface area (Å²) in [6.07, 6.45) is 1.23. The molecule has 0 bridgehead atoms. The van der Waals surface area contributed by atoms with Crippen molar-refractivity contribution in [2.75, 3.05) is 33.2 Å². The second kappa shape index (κ2) is 9.47. The topological polar surface area (TPSA) is 52.7 Å². The number of benzene rings is 1. The summed E-state index contributed by atoms with van der Waals surface area (Å²) in [5, 5.41) is 3.00. The SMILES string of the molecule is CNCCCC(=O)N1CCN(Cc2cccc(F)c2)C(=O)C1.Cl. The number of carbonyl (C=O) groups is 2. The fourth-order valence-corrected chi connectivity index (χ4v) is 2.52. The molecule has 1 heterocycles. The zero-order valence-corrected chi connectivity index (χ0v) is 14.1. The molecule has 2 amide bonds. The van der Waals surface area contributed by atoms with E-state index < -0.39 is 0 Å². The van der Waals surface area contributed by atoms with Crippen molar-refractivity contribution in [3.05, 3.63) is 35.6 Å². The van der Waals surface area contributed by atoms with E-state index in [2.05, 4.69) is 5.32 Å². The van der Waals surface area contributed by atoms with Crippen LogP contribution in [0.2, 0.25) is 0 Å². The minimum absolute atomic E-state index is 0. The third-order valence-electron chi connectivity index (χ3n) is 3.75. The molecule has 1 N–H and O–H groups in total. The molecule has 2 rings (SSSR count). The first-order valence-electron chi connectivity index (χ1n) is 7.54. The van der Waals surface area contributed by atoms with Gasteiger partial charge in [-0.2, -0.15) is 0 Å². The van der Waals surface area contributed by atoms with Crippen molar-refractivity contribution in [3.8, 4) is 0 Å². The molecule has 1 aromatic rings. The van der Waals surface area contributed by atoms with Gasteiger partial charge < -0.3 is 15.1 Å². The van der Waals surface area contributed by atoms with Gasteiger partial charge in [0.05, 0.1) is 6.54 Å². The van der Waals surface area contributed by atoms with Gasteiger partial charge in [0.25, 0.3) is 0 Å². The quantitative estimate of drug-likeness (QED) is 0.795. The highest BCUT2D eigenvalue weighted by Crippen LogP contribution is 2.12. The molecule has 0 unspecified atom stereocenters. The van der Waals surface area contributed by atoms with Crippen LogP contribution < -0.4 is 5.32 Å². The van der Waals surface area contributed by atoms with Gasteiger partial charge in [-0.05, 0) is 37.7 Å². The van der Waals surface area contributed by atoms with Gasteiger partial charge in [-0.15, -0.1) is 12.4 Å². The van der Waals surface area contributed by atoms with Crippen molar-refractivity contribution in [1.82, 2.24) is 15.1 Å². The van der Waals surface area contributed by atoms with E-state index >= 15 is 0 Å². The molecule has 1 aliphatic heterocycles. The minimum Gasteiger partial charge on any atom is -0.335 e. The highest BCUT2D eigenvalue weighted by atomic mass is 35.5. The van der Waals surface area contributed by atoms with Crippen LogP contribution in [0.3, 0.4) is 0 Å². The summed E-state index contributed by atoms with van der Waals surface area (Å²) < 4.78 is 13.2. The fraction of sp³-hybridized carbons (Fsp3) is 0.500. The van der Waals surface area contributed by atoms with E-state index in [0.717, 1.165) is 18.5 Å². The number of piperazine rings is 1. The maximum absolute atomic E-state index is 13.2. The number of nitrogens with one attached hydrogen (secondary N) is 1. The first-order valence-corrected chi connectivity index (χ1v) is 7.54. The number of rotatable bonds is 6. The van der Waals surface area contributed by atoms with Gasteiger partial charge in [-0.1, -0.05) is 12.1 Å². The summed E-state index contributed by atoms with van der Waals surface area (Å²) in [7, 11) is 1.85. The Kier molecular flexibility index (Phi) is 7.98. The summed E-state index contributed by atoms with van der Waals surface area (Å²) in [4.78, 5) is 27.4. The van der Waals surface area contributed by atoms with Crippen molar-refractivity contribution in [2.24, 2.45) is 0 Å². The van der Waals surface area contributed by atoms with E-state index in [9.17, 15) is 14.0 Å². The number of hydrogen-bond acceptors (Lipinski definition) is 3. The Hall–Kier alpha value is -1.66. The normalized spacial score (nSPS) is 14.6. The smallest absolute Gasteiger partial charge is 0.242 e. The molecule has 1 aliphatic rings. The summed E-state index contributed by atoms with van der Waals surface area (Å²) in [6, 6.07) is 6.25. The lowest BCUT2D eigenvalue weighted by Crippen LogP contribution is -2.51. The van der Waals surface area contributed by atoms with Crippen LogP contribution in [0, 0.1) is 5.82 Å². The lowest BCUT2D eigenvalue weighted by Gasteiger charge is -2.34. The Labute approximate surface area is 142 Å². The zero-order valence-electron chi connectivity index (χ0n) is 13.3. The maximum atomic E-state index is 13.2. The van der Waals surface area contributed by atoms with Gasteiger partial charge in [-0.25, -0.2) is 4.39 Å². The second-order valence-electron chi connectivity index (χ2n) is 5.47. The molecule has 0 aliphatic carbocycles. The molecule has 128 valence electrons. The van der Waals surface area contributed by atoms with Crippen LogP contribution in [-0.2, 0) is 16.1 Å². The predicted molar refractivity (Wildman–Crippen MR) is 88.8 cm³/mol. The molecule has 7 heteroatoms. The molecule has 0 atom stereocenters. The van der Waals surface area contributed by atoms with Crippen LogP contribution in [0.4, 0.5) is 4.39 Å². The van der Waals surface area contributed by atoms with Gasteiger partial charge in [0.2, 0.25) is 11.8 Å². The van der Waals surface area contributed by atoms with Crippen molar-refractivity contribution < 1.29 is 14.0 Å². The van der Waals surface area contributed by atoms with Crippen molar-refractivity contribution in [1.29, 1.82) is 0 Å².